The second kappa shape index (κ2) is 9.41. The molecule has 6 nitrogen and oxygen atoms in total. The number of hydrogen-bond acceptors (Lipinski definition) is 4. The third-order valence-electron chi connectivity index (χ3n) is 5.24. The van der Waals surface area contributed by atoms with E-state index in [-0.39, 0.29) is 17.6 Å². The molecular formula is C24H26N2O4. The van der Waals surface area contributed by atoms with Gasteiger partial charge in [0.1, 0.15) is 0 Å². The lowest BCUT2D eigenvalue weighted by molar-refractivity contribution is 0.0500. The molecule has 0 bridgehead atoms. The first-order chi connectivity index (χ1) is 14.4. The van der Waals surface area contributed by atoms with E-state index in [1.54, 1.807) is 43.3 Å². The van der Waals surface area contributed by atoms with Crippen LogP contribution in [-0.2, 0) is 6.42 Å². The molecule has 0 radical (unpaired) electrons. The molecule has 2 aromatic carbocycles. The molecule has 6 heteroatoms. The number of furan rings is 1. The maximum atomic E-state index is 12.7. The predicted octanol–water partition coefficient (Wildman–Crippen LogP) is 3.89. The summed E-state index contributed by atoms with van der Waals surface area (Å²) in [7, 11) is 0. The van der Waals surface area contributed by atoms with Gasteiger partial charge in [-0.3, -0.25) is 9.59 Å². The van der Waals surface area contributed by atoms with E-state index in [9.17, 15) is 14.7 Å². The topological polar surface area (TPSA) is 91.6 Å². The van der Waals surface area contributed by atoms with Gasteiger partial charge in [-0.1, -0.05) is 43.3 Å². The summed E-state index contributed by atoms with van der Waals surface area (Å²) in [5, 5.41) is 16.0. The molecule has 2 amide bonds. The molecular weight excluding hydrogens is 380 g/mol. The van der Waals surface area contributed by atoms with Crippen LogP contribution in [0.1, 0.15) is 40.3 Å². The summed E-state index contributed by atoms with van der Waals surface area (Å²) in [6.45, 7) is 3.99. The summed E-state index contributed by atoms with van der Waals surface area (Å²) in [5.74, 6) is -0.468. The molecule has 2 atom stereocenters. The van der Waals surface area contributed by atoms with Crippen LogP contribution < -0.4 is 10.6 Å². The summed E-state index contributed by atoms with van der Waals surface area (Å²) in [6.07, 6.45) is 1.44. The highest BCUT2D eigenvalue weighted by molar-refractivity contribution is 6.03. The third kappa shape index (κ3) is 5.36. The Morgan fingerprint density at radius 3 is 2.47 bits per heavy atom. The van der Waals surface area contributed by atoms with Crippen molar-refractivity contribution in [3.63, 3.8) is 0 Å². The van der Waals surface area contributed by atoms with Crippen LogP contribution in [-0.4, -0.2) is 29.6 Å². The van der Waals surface area contributed by atoms with Crippen LogP contribution in [0.15, 0.2) is 77.4 Å². The second-order valence-corrected chi connectivity index (χ2v) is 7.69. The number of amides is 2. The number of hydrogen-bond donors (Lipinski definition) is 3. The summed E-state index contributed by atoms with van der Waals surface area (Å²) in [6, 6.07) is 19.8. The van der Waals surface area contributed by atoms with Crippen molar-refractivity contribution in [3.05, 3.63) is 89.9 Å². The lowest BCUT2D eigenvalue weighted by atomic mass is 9.79. The van der Waals surface area contributed by atoms with Gasteiger partial charge in [-0.15, -0.1) is 0 Å². The van der Waals surface area contributed by atoms with Crippen molar-refractivity contribution < 1.29 is 19.1 Å². The Morgan fingerprint density at radius 2 is 1.80 bits per heavy atom. The molecule has 3 rings (SSSR count). The van der Waals surface area contributed by atoms with Crippen LogP contribution in [0.25, 0.3) is 0 Å². The van der Waals surface area contributed by atoms with E-state index in [0.717, 1.165) is 5.56 Å². The summed E-state index contributed by atoms with van der Waals surface area (Å²) < 4.78 is 5.08. The number of nitrogens with one attached hydrogen (secondary N) is 2. The van der Waals surface area contributed by atoms with Gasteiger partial charge in [0, 0.05) is 23.2 Å². The van der Waals surface area contributed by atoms with Crippen molar-refractivity contribution in [1.29, 1.82) is 0 Å². The van der Waals surface area contributed by atoms with E-state index in [1.165, 1.54) is 6.26 Å². The zero-order valence-electron chi connectivity index (χ0n) is 17.1. The fourth-order valence-electron chi connectivity index (χ4n) is 3.14. The number of aliphatic hydroxyl groups excluding tert-OH is 1. The maximum Gasteiger partial charge on any atom is 0.291 e. The molecule has 1 aromatic heterocycles. The minimum atomic E-state index is -0.614. The Labute approximate surface area is 175 Å². The zero-order chi connectivity index (χ0) is 21.6. The molecule has 0 aliphatic rings. The number of carbonyl (C=O) groups is 2. The minimum Gasteiger partial charge on any atom is -0.459 e. The zero-order valence-corrected chi connectivity index (χ0v) is 17.1. The van der Waals surface area contributed by atoms with Gasteiger partial charge in [0.25, 0.3) is 11.8 Å². The average Bonchev–Trinajstić information content (AvgIpc) is 3.28. The SMILES string of the molecule is C[C@H](O)[C@@](C)(CNC(=O)c1cccc(NC(=O)c2ccco2)c1)Cc1ccccc1. The van der Waals surface area contributed by atoms with Crippen molar-refractivity contribution in [3.8, 4) is 0 Å². The fourth-order valence-corrected chi connectivity index (χ4v) is 3.14. The highest BCUT2D eigenvalue weighted by atomic mass is 16.3. The molecule has 0 saturated heterocycles. The van der Waals surface area contributed by atoms with Gasteiger partial charge >= 0.3 is 0 Å². The molecule has 0 aliphatic heterocycles. The van der Waals surface area contributed by atoms with Crippen molar-refractivity contribution in [1.82, 2.24) is 5.32 Å². The minimum absolute atomic E-state index is 0.193. The van der Waals surface area contributed by atoms with Crippen molar-refractivity contribution in [2.24, 2.45) is 5.41 Å². The normalized spacial score (nSPS) is 13.8. The Bertz CT molecular complexity index is 983. The first-order valence-corrected chi connectivity index (χ1v) is 9.82. The molecule has 3 N–H and O–H groups in total. The van der Waals surface area contributed by atoms with Crippen LogP contribution in [0, 0.1) is 5.41 Å². The van der Waals surface area contributed by atoms with Gasteiger partial charge in [0.2, 0.25) is 0 Å². The number of aliphatic hydroxyl groups is 1. The molecule has 0 spiro atoms. The lowest BCUT2D eigenvalue weighted by Crippen LogP contribution is -2.43. The maximum absolute atomic E-state index is 12.7. The molecule has 0 unspecified atom stereocenters. The molecule has 0 aliphatic carbocycles. The summed E-state index contributed by atoms with van der Waals surface area (Å²) in [5.41, 5.74) is 1.48. The Balaban J connectivity index is 1.65. The van der Waals surface area contributed by atoms with Gasteiger partial charge in [-0.05, 0) is 49.2 Å². The highest BCUT2D eigenvalue weighted by Crippen LogP contribution is 2.26. The van der Waals surface area contributed by atoms with E-state index in [4.69, 9.17) is 4.42 Å². The largest absolute Gasteiger partial charge is 0.459 e. The molecule has 30 heavy (non-hydrogen) atoms. The van der Waals surface area contributed by atoms with Crippen molar-refractivity contribution in [2.75, 3.05) is 11.9 Å². The summed E-state index contributed by atoms with van der Waals surface area (Å²) >= 11 is 0. The monoisotopic (exact) mass is 406 g/mol. The van der Waals surface area contributed by atoms with Crippen LogP contribution in [0.2, 0.25) is 0 Å². The molecule has 0 fully saturated rings. The molecule has 1 heterocycles. The van der Waals surface area contributed by atoms with Crippen LogP contribution >= 0.6 is 0 Å². The standard InChI is InChI=1S/C24H26N2O4/c1-17(27)24(2,15-18-8-4-3-5-9-18)16-25-22(28)19-10-6-11-20(14-19)26-23(29)21-12-7-13-30-21/h3-14,17,27H,15-16H2,1-2H3,(H,25,28)(H,26,29)/t17-,24+/m0/s1. The average molecular weight is 406 g/mol. The first kappa shape index (κ1) is 21.3. The number of anilines is 1. The predicted molar refractivity (Wildman–Crippen MR) is 115 cm³/mol. The Hall–Kier alpha value is -3.38. The van der Waals surface area contributed by atoms with Crippen molar-refractivity contribution >= 4 is 17.5 Å². The third-order valence-corrected chi connectivity index (χ3v) is 5.24. The second-order valence-electron chi connectivity index (χ2n) is 7.69. The Morgan fingerprint density at radius 1 is 1.03 bits per heavy atom. The summed E-state index contributed by atoms with van der Waals surface area (Å²) in [4.78, 5) is 24.8. The van der Waals surface area contributed by atoms with E-state index in [0.29, 0.717) is 24.2 Å². The smallest absolute Gasteiger partial charge is 0.291 e. The van der Waals surface area contributed by atoms with Gasteiger partial charge in [-0.2, -0.15) is 0 Å². The van der Waals surface area contributed by atoms with Crippen molar-refractivity contribution in [2.45, 2.75) is 26.4 Å². The Kier molecular flexibility index (Phi) is 6.69. The van der Waals surface area contributed by atoms with Crippen LogP contribution in [0.4, 0.5) is 5.69 Å². The van der Waals surface area contributed by atoms with Gasteiger partial charge in [-0.25, -0.2) is 0 Å². The van der Waals surface area contributed by atoms with E-state index in [1.807, 2.05) is 37.3 Å². The van der Waals surface area contributed by atoms with E-state index in [2.05, 4.69) is 10.6 Å². The highest BCUT2D eigenvalue weighted by Gasteiger charge is 2.31. The lowest BCUT2D eigenvalue weighted by Gasteiger charge is -2.33. The van der Waals surface area contributed by atoms with Crippen LogP contribution in [0.5, 0.6) is 0 Å². The van der Waals surface area contributed by atoms with E-state index >= 15 is 0 Å². The van der Waals surface area contributed by atoms with E-state index < -0.39 is 11.5 Å². The number of benzene rings is 2. The number of carbonyl (C=O) groups excluding carboxylic acids is 2. The van der Waals surface area contributed by atoms with Crippen LogP contribution in [0.3, 0.4) is 0 Å². The molecule has 0 saturated carbocycles. The quantitative estimate of drug-likeness (QED) is 0.529. The number of rotatable bonds is 8. The first-order valence-electron chi connectivity index (χ1n) is 9.82. The van der Waals surface area contributed by atoms with Gasteiger partial charge < -0.3 is 20.2 Å². The molecule has 156 valence electrons. The van der Waals surface area contributed by atoms with Gasteiger partial charge in [0.15, 0.2) is 5.76 Å². The van der Waals surface area contributed by atoms with Gasteiger partial charge in [0.05, 0.1) is 12.4 Å². The fraction of sp³-hybridized carbons (Fsp3) is 0.250. The molecule has 3 aromatic rings.